The summed E-state index contributed by atoms with van der Waals surface area (Å²) in [6.07, 6.45) is 0.318. The van der Waals surface area contributed by atoms with Crippen LogP contribution >= 0.6 is 0 Å². The average molecular weight is 243 g/mol. The standard InChI is InChI=1S/C5H14NO.C3H9NO3S/c1-6(2,3)4-5-7;4-2-1-3-8(5,6)7/h7H,4-5H2,1-3H3;1-4H2,(H,5,6,7)/q+1;. The quantitative estimate of drug-likeness (QED) is 0.421. The van der Waals surface area contributed by atoms with Gasteiger partial charge in [0.25, 0.3) is 10.1 Å². The van der Waals surface area contributed by atoms with Gasteiger partial charge in [0, 0.05) is 0 Å². The van der Waals surface area contributed by atoms with Gasteiger partial charge in [-0.3, -0.25) is 4.55 Å². The van der Waals surface area contributed by atoms with Gasteiger partial charge in [-0.25, -0.2) is 0 Å². The van der Waals surface area contributed by atoms with Crippen molar-refractivity contribution in [1.29, 1.82) is 0 Å². The van der Waals surface area contributed by atoms with Gasteiger partial charge in [0.2, 0.25) is 0 Å². The minimum atomic E-state index is -3.77. The van der Waals surface area contributed by atoms with Gasteiger partial charge in [-0.15, -0.1) is 0 Å². The zero-order valence-corrected chi connectivity index (χ0v) is 10.5. The van der Waals surface area contributed by atoms with Gasteiger partial charge in [0.05, 0.1) is 33.5 Å². The Balaban J connectivity index is 0. The molecular formula is C8H23N2O4S+. The van der Waals surface area contributed by atoms with Gasteiger partial charge in [-0.2, -0.15) is 8.42 Å². The lowest BCUT2D eigenvalue weighted by Gasteiger charge is -2.21. The van der Waals surface area contributed by atoms with Crippen molar-refractivity contribution >= 4 is 10.1 Å². The molecule has 0 radical (unpaired) electrons. The lowest BCUT2D eigenvalue weighted by Crippen LogP contribution is -2.36. The third-order valence-corrected chi connectivity index (χ3v) is 2.18. The van der Waals surface area contributed by atoms with E-state index in [4.69, 9.17) is 15.4 Å². The van der Waals surface area contributed by atoms with E-state index in [1.54, 1.807) is 0 Å². The maximum absolute atomic E-state index is 9.89. The number of rotatable bonds is 5. The maximum Gasteiger partial charge on any atom is 0.264 e. The highest BCUT2D eigenvalue weighted by Gasteiger charge is 2.02. The van der Waals surface area contributed by atoms with Crippen LogP contribution in [0.5, 0.6) is 0 Å². The summed E-state index contributed by atoms with van der Waals surface area (Å²) < 4.78 is 28.7. The number of hydrogen-bond donors (Lipinski definition) is 3. The fourth-order valence-corrected chi connectivity index (χ4v) is 1.10. The second kappa shape index (κ2) is 8.00. The van der Waals surface area contributed by atoms with E-state index >= 15 is 0 Å². The van der Waals surface area contributed by atoms with Crippen molar-refractivity contribution in [2.24, 2.45) is 5.73 Å². The zero-order chi connectivity index (χ0) is 12.5. The summed E-state index contributed by atoms with van der Waals surface area (Å²) in [5.74, 6) is -0.233. The molecule has 0 rings (SSSR count). The van der Waals surface area contributed by atoms with Crippen LogP contribution in [0.2, 0.25) is 0 Å². The van der Waals surface area contributed by atoms with Crippen molar-refractivity contribution in [3.63, 3.8) is 0 Å². The predicted octanol–water partition coefficient (Wildman–Crippen LogP) is -1.09. The molecule has 0 aliphatic heterocycles. The molecule has 0 aromatic heterocycles. The third-order valence-electron chi connectivity index (χ3n) is 1.38. The van der Waals surface area contributed by atoms with Crippen LogP contribution in [0.1, 0.15) is 6.42 Å². The Hall–Kier alpha value is -0.210. The number of aliphatic hydroxyl groups is 1. The minimum absolute atomic E-state index is 0.233. The molecule has 15 heavy (non-hydrogen) atoms. The van der Waals surface area contributed by atoms with Crippen LogP contribution in [0, 0.1) is 0 Å². The van der Waals surface area contributed by atoms with Gasteiger partial charge in [-0.1, -0.05) is 0 Å². The number of quaternary nitrogens is 1. The number of hydrogen-bond acceptors (Lipinski definition) is 4. The lowest BCUT2D eigenvalue weighted by molar-refractivity contribution is -0.870. The molecule has 0 bridgehead atoms. The van der Waals surface area contributed by atoms with Crippen LogP contribution in [0.3, 0.4) is 0 Å². The number of nitrogens with two attached hydrogens (primary N) is 1. The summed E-state index contributed by atoms with van der Waals surface area (Å²) >= 11 is 0. The summed E-state index contributed by atoms with van der Waals surface area (Å²) in [6, 6.07) is 0. The van der Waals surface area contributed by atoms with Gasteiger partial charge >= 0.3 is 0 Å². The first-order chi connectivity index (χ1) is 6.62. The van der Waals surface area contributed by atoms with E-state index in [1.807, 2.05) is 0 Å². The smallest absolute Gasteiger partial charge is 0.264 e. The minimum Gasteiger partial charge on any atom is -0.391 e. The Kier molecular flexibility index (Phi) is 9.17. The largest absolute Gasteiger partial charge is 0.391 e. The molecule has 94 valence electrons. The van der Waals surface area contributed by atoms with Crippen LogP contribution in [0.4, 0.5) is 0 Å². The van der Waals surface area contributed by atoms with Crippen LogP contribution in [-0.4, -0.2) is 69.2 Å². The number of aliphatic hydroxyl groups excluding tert-OH is 1. The second-order valence-electron chi connectivity index (χ2n) is 4.17. The van der Waals surface area contributed by atoms with E-state index < -0.39 is 10.1 Å². The van der Waals surface area contributed by atoms with Crippen LogP contribution in [0.15, 0.2) is 0 Å². The zero-order valence-electron chi connectivity index (χ0n) is 9.68. The molecule has 0 aromatic rings. The Labute approximate surface area is 92.0 Å². The molecule has 0 saturated heterocycles. The molecule has 0 unspecified atom stereocenters. The first-order valence-corrected chi connectivity index (χ1v) is 6.30. The van der Waals surface area contributed by atoms with Crippen LogP contribution in [-0.2, 0) is 10.1 Å². The van der Waals surface area contributed by atoms with Gasteiger partial charge in [0.1, 0.15) is 6.54 Å². The first kappa shape index (κ1) is 17.2. The molecular weight excluding hydrogens is 220 g/mol. The van der Waals surface area contributed by atoms with Crippen molar-refractivity contribution in [3.05, 3.63) is 0 Å². The summed E-state index contributed by atoms with van der Waals surface area (Å²) in [5.41, 5.74) is 4.96. The van der Waals surface area contributed by atoms with Gasteiger partial charge in [-0.05, 0) is 13.0 Å². The summed E-state index contributed by atoms with van der Waals surface area (Å²) in [5, 5.41) is 8.39. The maximum atomic E-state index is 9.89. The van der Waals surface area contributed by atoms with Crippen molar-refractivity contribution < 1.29 is 22.6 Å². The fourth-order valence-electron chi connectivity index (χ4n) is 0.566. The Morgan fingerprint density at radius 1 is 1.27 bits per heavy atom. The highest BCUT2D eigenvalue weighted by molar-refractivity contribution is 7.85. The van der Waals surface area contributed by atoms with Gasteiger partial charge in [0.15, 0.2) is 0 Å². The molecule has 0 heterocycles. The first-order valence-electron chi connectivity index (χ1n) is 4.69. The van der Waals surface area contributed by atoms with Crippen molar-refractivity contribution in [3.8, 4) is 0 Å². The van der Waals surface area contributed by atoms with Crippen molar-refractivity contribution in [1.82, 2.24) is 0 Å². The van der Waals surface area contributed by atoms with Crippen LogP contribution in [0.25, 0.3) is 0 Å². The molecule has 0 aliphatic carbocycles. The Bertz CT molecular complexity index is 234. The second-order valence-corrected chi connectivity index (χ2v) is 5.74. The molecule has 0 atom stereocenters. The molecule has 0 spiro atoms. The highest BCUT2D eigenvalue weighted by Crippen LogP contribution is 1.85. The van der Waals surface area contributed by atoms with E-state index in [1.165, 1.54) is 0 Å². The molecule has 6 nitrogen and oxygen atoms in total. The molecule has 0 aliphatic rings. The summed E-state index contributed by atoms with van der Waals surface area (Å²) in [4.78, 5) is 0. The van der Waals surface area contributed by atoms with Gasteiger partial charge < -0.3 is 15.3 Å². The highest BCUT2D eigenvalue weighted by atomic mass is 32.2. The Morgan fingerprint density at radius 2 is 1.73 bits per heavy atom. The molecule has 4 N–H and O–H groups in total. The fraction of sp³-hybridized carbons (Fsp3) is 1.00. The number of nitrogens with zero attached hydrogens (tertiary/aromatic N) is 1. The van der Waals surface area contributed by atoms with E-state index in [9.17, 15) is 8.42 Å². The molecule has 0 fully saturated rings. The van der Waals surface area contributed by atoms with Crippen molar-refractivity contribution in [2.75, 3.05) is 46.6 Å². The normalized spacial score (nSPS) is 11.9. The topological polar surface area (TPSA) is 101 Å². The monoisotopic (exact) mass is 243 g/mol. The van der Waals surface area contributed by atoms with E-state index in [0.717, 1.165) is 11.0 Å². The molecule has 0 amide bonds. The number of likely N-dealkylation sites (N-methyl/N-ethyl adjacent to an activating group) is 1. The SMILES string of the molecule is C[N+](C)(C)CCO.NCCCS(=O)(=O)O. The van der Waals surface area contributed by atoms with E-state index in [2.05, 4.69) is 21.1 Å². The average Bonchev–Trinajstić information content (AvgIpc) is 1.98. The molecule has 7 heteroatoms. The lowest BCUT2D eigenvalue weighted by atomic mass is 10.5. The Morgan fingerprint density at radius 3 is 1.80 bits per heavy atom. The van der Waals surface area contributed by atoms with E-state index in [0.29, 0.717) is 13.0 Å². The van der Waals surface area contributed by atoms with E-state index in [-0.39, 0.29) is 12.4 Å². The van der Waals surface area contributed by atoms with Crippen LogP contribution < -0.4 is 5.73 Å². The summed E-state index contributed by atoms with van der Waals surface area (Å²) in [7, 11) is 2.39. The van der Waals surface area contributed by atoms with Crippen molar-refractivity contribution in [2.45, 2.75) is 6.42 Å². The predicted molar refractivity (Wildman–Crippen MR) is 60.1 cm³/mol. The summed E-state index contributed by atoms with van der Waals surface area (Å²) in [6.45, 7) is 1.41. The molecule has 0 aromatic carbocycles. The third kappa shape index (κ3) is 24.8. The molecule has 0 saturated carbocycles.